The normalized spacial score (nSPS) is 14.6. The van der Waals surface area contributed by atoms with Crippen LogP contribution in [0.2, 0.25) is 0 Å². The molecule has 0 fully saturated rings. The minimum atomic E-state index is 0.223. The number of imidazole rings is 1. The van der Waals surface area contributed by atoms with Crippen LogP contribution >= 0.6 is 0 Å². The van der Waals surface area contributed by atoms with Crippen molar-refractivity contribution in [3.8, 4) is 11.6 Å². The molecule has 6 heteroatoms. The van der Waals surface area contributed by atoms with E-state index in [1.807, 2.05) is 0 Å². The van der Waals surface area contributed by atoms with E-state index in [4.69, 9.17) is 4.52 Å². The monoisotopic (exact) mass is 249 g/mol. The van der Waals surface area contributed by atoms with Crippen LogP contribution in [0.3, 0.4) is 0 Å². The first-order valence-electron chi connectivity index (χ1n) is 6.33. The zero-order chi connectivity index (χ0) is 13.0. The summed E-state index contributed by atoms with van der Waals surface area (Å²) in [5.74, 6) is 2.03. The molecular weight excluding hydrogens is 230 g/mol. The molecule has 6 nitrogen and oxygen atoms in total. The summed E-state index contributed by atoms with van der Waals surface area (Å²) in [5, 5.41) is 7.35. The number of likely N-dealkylation sites (N-methyl/N-ethyl adjacent to an activating group) is 1. The van der Waals surface area contributed by atoms with E-state index in [1.54, 1.807) is 12.4 Å². The molecule has 0 bridgehead atoms. The van der Waals surface area contributed by atoms with Gasteiger partial charge in [0.15, 0.2) is 5.82 Å². The van der Waals surface area contributed by atoms with Gasteiger partial charge in [0.2, 0.25) is 11.7 Å². The van der Waals surface area contributed by atoms with Crippen LogP contribution in [0.15, 0.2) is 16.9 Å². The number of hydrogen-bond acceptors (Lipinski definition) is 5. The van der Waals surface area contributed by atoms with E-state index in [9.17, 15) is 0 Å². The largest absolute Gasteiger partial charge is 0.342 e. The Labute approximate surface area is 106 Å². The van der Waals surface area contributed by atoms with Crippen molar-refractivity contribution in [2.24, 2.45) is 0 Å². The van der Waals surface area contributed by atoms with Crippen molar-refractivity contribution in [3.05, 3.63) is 18.3 Å². The Bertz CT molecular complexity index is 465. The highest BCUT2D eigenvalue weighted by Gasteiger charge is 2.23. The highest BCUT2D eigenvalue weighted by molar-refractivity contribution is 5.40. The van der Waals surface area contributed by atoms with Crippen LogP contribution in [0.1, 0.15) is 39.0 Å². The van der Waals surface area contributed by atoms with Crippen molar-refractivity contribution in [2.45, 2.75) is 39.2 Å². The molecular formula is C12H19N5O. The lowest BCUT2D eigenvalue weighted by Crippen LogP contribution is -2.31. The summed E-state index contributed by atoms with van der Waals surface area (Å²) < 4.78 is 5.35. The fourth-order valence-electron chi connectivity index (χ4n) is 2.08. The standard InChI is InChI=1S/C12H19N5O/c1-4-9(8(3)13-5-2)12-16-11(17-18-12)10-14-6-7-15-10/h6-9,13H,4-5H2,1-3H3,(H,14,15). The maximum atomic E-state index is 5.35. The maximum absolute atomic E-state index is 5.35. The molecule has 0 saturated carbocycles. The Morgan fingerprint density at radius 3 is 2.89 bits per heavy atom. The second-order valence-electron chi connectivity index (χ2n) is 4.26. The number of hydrogen-bond donors (Lipinski definition) is 2. The molecule has 2 atom stereocenters. The average molecular weight is 249 g/mol. The Hall–Kier alpha value is -1.69. The minimum absolute atomic E-state index is 0.223. The molecule has 0 aromatic carbocycles. The molecule has 0 saturated heterocycles. The van der Waals surface area contributed by atoms with Gasteiger partial charge in [-0.2, -0.15) is 4.98 Å². The van der Waals surface area contributed by atoms with Crippen LogP contribution < -0.4 is 5.32 Å². The highest BCUT2D eigenvalue weighted by Crippen LogP contribution is 2.23. The molecule has 0 amide bonds. The van der Waals surface area contributed by atoms with Crippen LogP contribution in [-0.4, -0.2) is 32.7 Å². The summed E-state index contributed by atoms with van der Waals surface area (Å²) in [7, 11) is 0. The third-order valence-corrected chi connectivity index (χ3v) is 3.04. The van der Waals surface area contributed by atoms with Gasteiger partial charge in [0.05, 0.1) is 5.92 Å². The van der Waals surface area contributed by atoms with Gasteiger partial charge in [0.1, 0.15) is 0 Å². The SMILES string of the molecule is CCNC(C)C(CC)c1nc(-c2ncc[nH]2)no1. The van der Waals surface area contributed by atoms with E-state index >= 15 is 0 Å². The number of nitrogens with one attached hydrogen (secondary N) is 2. The summed E-state index contributed by atoms with van der Waals surface area (Å²) in [6.07, 6.45) is 4.36. The van der Waals surface area contributed by atoms with Crippen LogP contribution in [0.25, 0.3) is 11.6 Å². The number of H-pyrrole nitrogens is 1. The van der Waals surface area contributed by atoms with Gasteiger partial charge in [0, 0.05) is 18.4 Å². The van der Waals surface area contributed by atoms with Crippen LogP contribution in [-0.2, 0) is 0 Å². The summed E-state index contributed by atoms with van der Waals surface area (Å²) >= 11 is 0. The first-order valence-corrected chi connectivity index (χ1v) is 6.33. The molecule has 2 N–H and O–H groups in total. The molecule has 2 heterocycles. The second-order valence-corrected chi connectivity index (χ2v) is 4.26. The van der Waals surface area contributed by atoms with Crippen molar-refractivity contribution in [1.29, 1.82) is 0 Å². The molecule has 0 aliphatic heterocycles. The van der Waals surface area contributed by atoms with Gasteiger partial charge >= 0.3 is 0 Å². The minimum Gasteiger partial charge on any atom is -0.342 e. The third-order valence-electron chi connectivity index (χ3n) is 3.04. The lowest BCUT2D eigenvalue weighted by molar-refractivity contribution is 0.318. The highest BCUT2D eigenvalue weighted by atomic mass is 16.5. The lowest BCUT2D eigenvalue weighted by Gasteiger charge is -2.19. The van der Waals surface area contributed by atoms with Crippen LogP contribution in [0.4, 0.5) is 0 Å². The molecule has 18 heavy (non-hydrogen) atoms. The summed E-state index contributed by atoms with van der Waals surface area (Å²) in [4.78, 5) is 11.5. The Kier molecular flexibility index (Phi) is 4.09. The van der Waals surface area contributed by atoms with Gasteiger partial charge in [-0.3, -0.25) is 0 Å². The number of rotatable bonds is 6. The van der Waals surface area contributed by atoms with E-state index in [0.29, 0.717) is 23.6 Å². The van der Waals surface area contributed by atoms with Gasteiger partial charge in [-0.1, -0.05) is 19.0 Å². The quantitative estimate of drug-likeness (QED) is 0.818. The predicted molar refractivity (Wildman–Crippen MR) is 68.1 cm³/mol. The molecule has 2 aromatic heterocycles. The summed E-state index contributed by atoms with van der Waals surface area (Å²) in [6.45, 7) is 7.27. The molecule has 0 aliphatic rings. The van der Waals surface area contributed by atoms with Gasteiger partial charge in [-0.25, -0.2) is 4.98 Å². The number of aromatic amines is 1. The molecule has 0 radical (unpaired) electrons. The summed E-state index contributed by atoms with van der Waals surface area (Å²) in [6, 6.07) is 0.310. The van der Waals surface area contributed by atoms with Gasteiger partial charge < -0.3 is 14.8 Å². The van der Waals surface area contributed by atoms with Crippen LogP contribution in [0, 0.1) is 0 Å². The first kappa shape index (κ1) is 12.8. The average Bonchev–Trinajstić information content (AvgIpc) is 3.00. The molecule has 2 rings (SSSR count). The predicted octanol–water partition coefficient (Wildman–Crippen LogP) is 1.95. The van der Waals surface area contributed by atoms with E-state index in [2.05, 4.69) is 46.2 Å². The second kappa shape index (κ2) is 5.77. The van der Waals surface area contributed by atoms with Crippen LogP contribution in [0.5, 0.6) is 0 Å². The van der Waals surface area contributed by atoms with Crippen molar-refractivity contribution in [2.75, 3.05) is 6.54 Å². The zero-order valence-corrected chi connectivity index (χ0v) is 11.0. The molecule has 98 valence electrons. The third kappa shape index (κ3) is 2.59. The molecule has 2 unspecified atom stereocenters. The Morgan fingerprint density at radius 2 is 2.28 bits per heavy atom. The number of aromatic nitrogens is 4. The van der Waals surface area contributed by atoms with Gasteiger partial charge in [-0.05, 0) is 19.9 Å². The first-order chi connectivity index (χ1) is 8.76. The zero-order valence-electron chi connectivity index (χ0n) is 11.0. The molecule has 2 aromatic rings. The Balaban J connectivity index is 2.17. The van der Waals surface area contributed by atoms with Crippen molar-refractivity contribution < 1.29 is 4.52 Å². The van der Waals surface area contributed by atoms with Crippen molar-refractivity contribution >= 4 is 0 Å². The maximum Gasteiger partial charge on any atom is 0.238 e. The van der Waals surface area contributed by atoms with E-state index in [1.165, 1.54) is 0 Å². The van der Waals surface area contributed by atoms with Crippen molar-refractivity contribution in [1.82, 2.24) is 25.4 Å². The molecule has 0 spiro atoms. The Morgan fingerprint density at radius 1 is 1.44 bits per heavy atom. The lowest BCUT2D eigenvalue weighted by atomic mass is 9.98. The van der Waals surface area contributed by atoms with E-state index in [-0.39, 0.29) is 5.92 Å². The summed E-state index contributed by atoms with van der Waals surface area (Å²) in [5.41, 5.74) is 0. The van der Waals surface area contributed by atoms with E-state index < -0.39 is 0 Å². The van der Waals surface area contributed by atoms with E-state index in [0.717, 1.165) is 13.0 Å². The van der Waals surface area contributed by atoms with Crippen molar-refractivity contribution in [3.63, 3.8) is 0 Å². The van der Waals surface area contributed by atoms with Gasteiger partial charge in [-0.15, -0.1) is 0 Å². The number of nitrogens with zero attached hydrogens (tertiary/aromatic N) is 3. The smallest absolute Gasteiger partial charge is 0.238 e. The fourth-order valence-corrected chi connectivity index (χ4v) is 2.08. The van der Waals surface area contributed by atoms with Gasteiger partial charge in [0.25, 0.3) is 0 Å². The molecule has 0 aliphatic carbocycles. The topological polar surface area (TPSA) is 79.6 Å². The fraction of sp³-hybridized carbons (Fsp3) is 0.583.